The fraction of sp³-hybridized carbons (Fsp3) is 0.562. The van der Waals surface area contributed by atoms with E-state index in [1.165, 1.54) is 32.9 Å². The topological polar surface area (TPSA) is 53.6 Å². The van der Waals surface area contributed by atoms with Crippen LogP contribution < -0.4 is 15.4 Å². The lowest BCUT2D eigenvalue weighted by Crippen LogP contribution is -2.53. The molecule has 1 amide bonds. The van der Waals surface area contributed by atoms with Gasteiger partial charge in [-0.1, -0.05) is 0 Å². The predicted molar refractivity (Wildman–Crippen MR) is 83.9 cm³/mol. The average molecular weight is 289 g/mol. The van der Waals surface area contributed by atoms with Crippen molar-refractivity contribution >= 4 is 17.3 Å². The van der Waals surface area contributed by atoms with Crippen LogP contribution in [-0.2, 0) is 4.79 Å². The van der Waals surface area contributed by atoms with E-state index in [4.69, 9.17) is 4.74 Å². The van der Waals surface area contributed by atoms with Gasteiger partial charge in [0.2, 0.25) is 5.91 Å². The summed E-state index contributed by atoms with van der Waals surface area (Å²) in [5, 5.41) is 6.45. The maximum absolute atomic E-state index is 11.2. The number of hydrogen-bond donors (Lipinski definition) is 2. The Bertz CT molecular complexity index is 524. The Labute approximate surface area is 125 Å². The molecule has 2 N–H and O–H groups in total. The molecule has 2 bridgehead atoms. The molecule has 0 saturated carbocycles. The summed E-state index contributed by atoms with van der Waals surface area (Å²) in [4.78, 5) is 13.7. The van der Waals surface area contributed by atoms with Crippen LogP contribution in [0.1, 0.15) is 19.8 Å². The number of nitrogens with one attached hydrogen (secondary N) is 2. The van der Waals surface area contributed by atoms with Crippen LogP contribution in [0.2, 0.25) is 0 Å². The second-order valence-corrected chi connectivity index (χ2v) is 5.99. The fourth-order valence-electron chi connectivity index (χ4n) is 3.43. The second-order valence-electron chi connectivity index (χ2n) is 5.99. The first-order valence-electron chi connectivity index (χ1n) is 7.60. The maximum Gasteiger partial charge on any atom is 0.221 e. The number of fused-ring (bicyclic) bond motifs is 3. The molecule has 5 heteroatoms. The molecule has 114 valence electrons. The van der Waals surface area contributed by atoms with E-state index in [0.29, 0.717) is 6.04 Å². The number of benzene rings is 1. The molecule has 0 aromatic heterocycles. The van der Waals surface area contributed by atoms with Gasteiger partial charge in [-0.15, -0.1) is 0 Å². The number of ether oxygens (including phenoxy) is 1. The third kappa shape index (κ3) is 3.13. The maximum atomic E-state index is 11.2. The summed E-state index contributed by atoms with van der Waals surface area (Å²) < 4.78 is 5.44. The van der Waals surface area contributed by atoms with E-state index in [-0.39, 0.29) is 5.91 Å². The quantitative estimate of drug-likeness (QED) is 0.892. The van der Waals surface area contributed by atoms with E-state index in [1.807, 2.05) is 18.2 Å². The second kappa shape index (κ2) is 5.93. The Morgan fingerprint density at radius 1 is 1.33 bits per heavy atom. The van der Waals surface area contributed by atoms with E-state index in [9.17, 15) is 4.79 Å². The zero-order valence-electron chi connectivity index (χ0n) is 12.7. The molecule has 4 rings (SSSR count). The Morgan fingerprint density at radius 3 is 2.67 bits per heavy atom. The van der Waals surface area contributed by atoms with Gasteiger partial charge in [0.15, 0.2) is 0 Å². The molecule has 3 aliphatic heterocycles. The Morgan fingerprint density at radius 2 is 2.10 bits per heavy atom. The van der Waals surface area contributed by atoms with E-state index in [2.05, 4.69) is 15.5 Å². The summed E-state index contributed by atoms with van der Waals surface area (Å²) in [5.41, 5.74) is 1.76. The minimum absolute atomic E-state index is 0.0612. The molecule has 3 aliphatic rings. The van der Waals surface area contributed by atoms with Crippen molar-refractivity contribution < 1.29 is 9.53 Å². The van der Waals surface area contributed by atoms with Crippen LogP contribution in [0, 0.1) is 5.92 Å². The van der Waals surface area contributed by atoms with Crippen molar-refractivity contribution in [3.8, 4) is 5.75 Å². The lowest BCUT2D eigenvalue weighted by atomic mass is 9.84. The summed E-state index contributed by atoms with van der Waals surface area (Å²) in [5.74, 6) is 1.50. The number of rotatable bonds is 4. The molecule has 0 spiro atoms. The molecular weight excluding hydrogens is 266 g/mol. The lowest BCUT2D eigenvalue weighted by molar-refractivity contribution is -0.114. The van der Waals surface area contributed by atoms with Gasteiger partial charge in [0.1, 0.15) is 5.75 Å². The third-order valence-corrected chi connectivity index (χ3v) is 4.52. The highest BCUT2D eigenvalue weighted by Gasteiger charge is 2.34. The highest BCUT2D eigenvalue weighted by molar-refractivity contribution is 5.89. The molecule has 1 unspecified atom stereocenters. The SMILES string of the molecule is COc1ccc(NC(C)=O)cc1NC1CN2CCC1CC2. The van der Waals surface area contributed by atoms with E-state index in [1.54, 1.807) is 7.11 Å². The fourth-order valence-corrected chi connectivity index (χ4v) is 3.43. The lowest BCUT2D eigenvalue weighted by Gasteiger charge is -2.45. The molecule has 1 aromatic rings. The zero-order chi connectivity index (χ0) is 14.8. The number of carbonyl (C=O) groups is 1. The van der Waals surface area contributed by atoms with E-state index < -0.39 is 0 Å². The van der Waals surface area contributed by atoms with E-state index >= 15 is 0 Å². The van der Waals surface area contributed by atoms with Crippen molar-refractivity contribution in [2.75, 3.05) is 37.4 Å². The van der Waals surface area contributed by atoms with Gasteiger partial charge in [-0.3, -0.25) is 4.79 Å². The monoisotopic (exact) mass is 289 g/mol. The highest BCUT2D eigenvalue weighted by Crippen LogP contribution is 2.34. The number of carbonyl (C=O) groups excluding carboxylic acids is 1. The van der Waals surface area contributed by atoms with Crippen LogP contribution in [0.25, 0.3) is 0 Å². The summed E-state index contributed by atoms with van der Waals surface area (Å²) in [6, 6.07) is 6.18. The summed E-state index contributed by atoms with van der Waals surface area (Å²) in [6.45, 7) is 5.07. The van der Waals surface area contributed by atoms with Gasteiger partial charge < -0.3 is 20.3 Å². The van der Waals surface area contributed by atoms with Crippen LogP contribution in [0.4, 0.5) is 11.4 Å². The standard InChI is InChI=1S/C16H23N3O2/c1-11(20)17-13-3-4-16(21-2)14(9-13)18-15-10-19-7-5-12(15)6-8-19/h3-4,9,12,15,18H,5-8,10H2,1-2H3,(H,17,20). The number of nitrogens with zero attached hydrogens (tertiary/aromatic N) is 1. The molecule has 3 fully saturated rings. The molecule has 0 aliphatic carbocycles. The van der Waals surface area contributed by atoms with Crippen molar-refractivity contribution in [2.24, 2.45) is 5.92 Å². The van der Waals surface area contributed by atoms with Crippen LogP contribution >= 0.6 is 0 Å². The van der Waals surface area contributed by atoms with Crippen LogP contribution in [0.15, 0.2) is 18.2 Å². The summed E-state index contributed by atoms with van der Waals surface area (Å²) >= 11 is 0. The number of amides is 1. The van der Waals surface area contributed by atoms with Gasteiger partial charge in [0.05, 0.1) is 12.8 Å². The number of methoxy groups -OCH3 is 1. The number of piperidine rings is 3. The Balaban J connectivity index is 1.78. The van der Waals surface area contributed by atoms with Gasteiger partial charge in [-0.25, -0.2) is 0 Å². The predicted octanol–water partition coefficient (Wildman–Crippen LogP) is 2.16. The average Bonchev–Trinajstić information content (AvgIpc) is 2.48. The van der Waals surface area contributed by atoms with Gasteiger partial charge in [0, 0.05) is 25.2 Å². The molecule has 1 aromatic carbocycles. The highest BCUT2D eigenvalue weighted by atomic mass is 16.5. The van der Waals surface area contributed by atoms with Crippen molar-refractivity contribution in [1.82, 2.24) is 4.90 Å². The normalized spacial score (nSPS) is 27.2. The number of hydrogen-bond acceptors (Lipinski definition) is 4. The Hall–Kier alpha value is -1.75. The van der Waals surface area contributed by atoms with Crippen molar-refractivity contribution in [1.29, 1.82) is 0 Å². The first-order valence-corrected chi connectivity index (χ1v) is 7.60. The van der Waals surface area contributed by atoms with Crippen molar-refractivity contribution in [3.05, 3.63) is 18.2 Å². The zero-order valence-corrected chi connectivity index (χ0v) is 12.7. The molecule has 3 saturated heterocycles. The molecule has 5 nitrogen and oxygen atoms in total. The van der Waals surface area contributed by atoms with Gasteiger partial charge in [0.25, 0.3) is 0 Å². The van der Waals surface area contributed by atoms with Gasteiger partial charge in [-0.05, 0) is 50.0 Å². The van der Waals surface area contributed by atoms with Crippen LogP contribution in [0.5, 0.6) is 5.75 Å². The smallest absolute Gasteiger partial charge is 0.221 e. The van der Waals surface area contributed by atoms with E-state index in [0.717, 1.165) is 29.6 Å². The van der Waals surface area contributed by atoms with Crippen molar-refractivity contribution in [2.45, 2.75) is 25.8 Å². The minimum atomic E-state index is -0.0612. The molecular formula is C16H23N3O2. The first kappa shape index (κ1) is 14.2. The van der Waals surface area contributed by atoms with Crippen LogP contribution in [0.3, 0.4) is 0 Å². The summed E-state index contributed by atoms with van der Waals surface area (Å²) in [7, 11) is 1.68. The van der Waals surface area contributed by atoms with Crippen LogP contribution in [-0.4, -0.2) is 43.6 Å². The molecule has 21 heavy (non-hydrogen) atoms. The third-order valence-electron chi connectivity index (χ3n) is 4.52. The Kier molecular flexibility index (Phi) is 4.01. The van der Waals surface area contributed by atoms with Gasteiger partial charge in [-0.2, -0.15) is 0 Å². The molecule has 3 heterocycles. The molecule has 1 atom stereocenters. The largest absolute Gasteiger partial charge is 0.495 e. The first-order chi connectivity index (χ1) is 10.2. The minimum Gasteiger partial charge on any atom is -0.495 e. The summed E-state index contributed by atoms with van der Waals surface area (Å²) in [6.07, 6.45) is 2.54. The van der Waals surface area contributed by atoms with Gasteiger partial charge >= 0.3 is 0 Å². The van der Waals surface area contributed by atoms with Crippen molar-refractivity contribution in [3.63, 3.8) is 0 Å². The molecule has 0 radical (unpaired) electrons. The number of anilines is 2.